The fourth-order valence-electron chi connectivity index (χ4n) is 6.97. The van der Waals surface area contributed by atoms with E-state index >= 15 is 0 Å². The Kier molecular flexibility index (Phi) is 20.1. The van der Waals surface area contributed by atoms with Crippen LogP contribution in [-0.4, -0.2) is 75.6 Å². The van der Waals surface area contributed by atoms with Crippen molar-refractivity contribution in [3.05, 3.63) is 64.7 Å². The number of ether oxygens (including phenoxy) is 3. The van der Waals surface area contributed by atoms with Crippen molar-refractivity contribution < 1.29 is 47.3 Å². The molecule has 1 aliphatic heterocycles. The molecule has 1 unspecified atom stereocenters. The van der Waals surface area contributed by atoms with E-state index in [1.54, 1.807) is 12.1 Å². The summed E-state index contributed by atoms with van der Waals surface area (Å²) in [5, 5.41) is 36.1. The molecule has 57 heavy (non-hydrogen) atoms. The van der Waals surface area contributed by atoms with Crippen LogP contribution in [0.15, 0.2) is 42.6 Å². The summed E-state index contributed by atoms with van der Waals surface area (Å²) < 4.78 is 56.0. The van der Waals surface area contributed by atoms with Crippen molar-refractivity contribution in [1.29, 1.82) is 5.26 Å². The molecule has 0 radical (unpaired) electrons. The largest absolute Gasteiger partial charge is 0.472 e. The Morgan fingerprint density at radius 3 is 2.21 bits per heavy atom. The molecule has 1 aromatic carbocycles. The molecule has 318 valence electrons. The molecule has 0 aliphatic carbocycles. The smallest absolute Gasteiger partial charge is 0.397 e. The molecule has 0 saturated carbocycles. The van der Waals surface area contributed by atoms with E-state index in [0.29, 0.717) is 23.4 Å². The highest BCUT2D eigenvalue weighted by Gasteiger charge is 2.58. The summed E-state index contributed by atoms with van der Waals surface area (Å²) in [4.78, 5) is 10.6. The van der Waals surface area contributed by atoms with Gasteiger partial charge in [0.2, 0.25) is 5.60 Å². The number of nitrogens with zero attached hydrogens (tertiary/aromatic N) is 3. The lowest BCUT2D eigenvalue weighted by atomic mass is 9.92. The summed E-state index contributed by atoms with van der Waals surface area (Å²) in [6, 6.07) is 10.7. The minimum atomic E-state index is -4.79. The minimum absolute atomic E-state index is 0.00180. The van der Waals surface area contributed by atoms with E-state index in [9.17, 15) is 29.3 Å². The highest BCUT2D eigenvalue weighted by Crippen LogP contribution is 2.46. The van der Waals surface area contributed by atoms with Gasteiger partial charge in [-0.25, -0.2) is 13.5 Å². The van der Waals surface area contributed by atoms with E-state index in [4.69, 9.17) is 40.6 Å². The summed E-state index contributed by atoms with van der Waals surface area (Å²) >= 11 is 5.93. The lowest BCUT2D eigenvalue weighted by Crippen LogP contribution is -2.41. The normalized spacial score (nSPS) is 21.2. The number of aliphatic hydroxyl groups excluding tert-OH is 2. The monoisotopic (exact) mass is 838 g/mol. The first-order chi connectivity index (χ1) is 27.5. The van der Waals surface area contributed by atoms with Crippen LogP contribution in [0, 0.1) is 17.1 Å². The summed E-state index contributed by atoms with van der Waals surface area (Å²) in [6.07, 6.45) is 16.0. The fraction of sp³-hybridized carbons (Fsp3) is 0.659. The average molecular weight is 839 g/mol. The van der Waals surface area contributed by atoms with Gasteiger partial charge in [-0.05, 0) is 42.3 Å². The first-order valence-electron chi connectivity index (χ1n) is 20.4. The second-order valence-corrected chi connectivity index (χ2v) is 16.7. The van der Waals surface area contributed by atoms with Gasteiger partial charge in [0.15, 0.2) is 0 Å². The van der Waals surface area contributed by atoms with Gasteiger partial charge >= 0.3 is 7.82 Å². The number of fused-ring (bicyclic) bond motifs is 1. The van der Waals surface area contributed by atoms with E-state index < -0.39 is 56.9 Å². The lowest BCUT2D eigenvalue weighted by molar-refractivity contribution is -0.0690. The van der Waals surface area contributed by atoms with Gasteiger partial charge in [-0.3, -0.25) is 9.05 Å². The molecule has 3 aromatic rings. The Morgan fingerprint density at radius 2 is 1.60 bits per heavy atom. The number of nitrogen functional groups attached to an aromatic ring is 1. The van der Waals surface area contributed by atoms with Crippen molar-refractivity contribution in [3.63, 3.8) is 0 Å². The van der Waals surface area contributed by atoms with Crippen molar-refractivity contribution in [2.45, 2.75) is 146 Å². The summed E-state index contributed by atoms with van der Waals surface area (Å²) in [5.74, 6) is -0.570. The van der Waals surface area contributed by atoms with Crippen LogP contribution in [-0.2, 0) is 40.0 Å². The number of anilines is 1. The maximum atomic E-state index is 13.7. The van der Waals surface area contributed by atoms with Gasteiger partial charge < -0.3 is 35.1 Å². The van der Waals surface area contributed by atoms with Crippen LogP contribution < -0.4 is 5.73 Å². The first kappa shape index (κ1) is 47.0. The van der Waals surface area contributed by atoms with E-state index in [2.05, 4.69) is 12.0 Å². The van der Waals surface area contributed by atoms with Gasteiger partial charge in [-0.1, -0.05) is 121 Å². The van der Waals surface area contributed by atoms with Crippen LogP contribution in [0.2, 0.25) is 5.02 Å². The van der Waals surface area contributed by atoms with Gasteiger partial charge in [0.05, 0.1) is 48.3 Å². The Labute approximate surface area is 341 Å². The van der Waals surface area contributed by atoms with Gasteiger partial charge in [0, 0.05) is 12.8 Å². The zero-order valence-corrected chi connectivity index (χ0v) is 34.8. The van der Waals surface area contributed by atoms with Crippen LogP contribution in [0.1, 0.15) is 121 Å². The molecule has 1 fully saturated rings. The number of hydrogen-bond donors (Lipinski definition) is 4. The molecule has 6 atom stereocenters. The predicted molar refractivity (Wildman–Crippen MR) is 216 cm³/mol. The molecule has 0 amide bonds. The summed E-state index contributed by atoms with van der Waals surface area (Å²) in [5.41, 5.74) is 5.42. The number of nitriles is 1. The highest BCUT2D eigenvalue weighted by atomic mass is 35.5. The number of hydrogen-bond acceptors (Lipinski definition) is 11. The number of aromatic nitrogens is 2. The Bertz CT molecular complexity index is 1730. The lowest BCUT2D eigenvalue weighted by Gasteiger charge is -2.24. The number of rotatable bonds is 29. The first-order valence-corrected chi connectivity index (χ1v) is 22.3. The molecule has 1 aliphatic rings. The van der Waals surface area contributed by atoms with E-state index in [0.717, 1.165) is 19.3 Å². The number of phosphoric acid groups is 1. The van der Waals surface area contributed by atoms with Gasteiger partial charge in [-0.2, -0.15) is 10.4 Å². The van der Waals surface area contributed by atoms with Crippen LogP contribution in [0.5, 0.6) is 0 Å². The molecular formula is C41H61ClFN4O9P. The van der Waals surface area contributed by atoms with Crippen molar-refractivity contribution >= 4 is 30.6 Å². The van der Waals surface area contributed by atoms with Crippen LogP contribution >= 0.6 is 19.4 Å². The zero-order chi connectivity index (χ0) is 41.1. The van der Waals surface area contributed by atoms with E-state index in [-0.39, 0.29) is 23.9 Å². The maximum Gasteiger partial charge on any atom is 0.472 e. The number of nitrogens with two attached hydrogens (primary N) is 1. The molecule has 0 spiro atoms. The Morgan fingerprint density at radius 1 is 0.965 bits per heavy atom. The molecule has 13 nitrogen and oxygen atoms in total. The molecule has 16 heteroatoms. The third kappa shape index (κ3) is 14.5. The van der Waals surface area contributed by atoms with Gasteiger partial charge in [-0.15, -0.1) is 0 Å². The standard InChI is InChI=1S/C41H61ClFN4O9P/c1-2-3-4-5-6-7-8-9-10-11-12-13-14-15-16-17-24-52-27-32(53-26-31-18-19-34(43)33(42)25-31)28-54-57(50,51)55-29-37-39(48)40(49)41(30-44,56-37)38-21-20-36-35(45)22-23-46-47(36)38/h18-23,25,32,37,39-40,48-49H,2-17,24,26-29,45H2,1H3,(H,50,51)/t32-,37-,39-,40-,41+/m1/s1. The summed E-state index contributed by atoms with van der Waals surface area (Å²) in [6.45, 7) is 1.64. The van der Waals surface area contributed by atoms with Crippen molar-refractivity contribution in [2.75, 3.05) is 32.2 Å². The molecule has 3 heterocycles. The SMILES string of the molecule is CCCCCCCCCCCCCCCCCCOC[C@H](COP(=O)(O)OC[C@H]1O[C@@](C#N)(c2ccc3c(N)ccnn23)[C@H](O)[C@@H]1O)OCc1ccc(F)c(Cl)c1. The Hall–Kier alpha value is -2.67. The third-order valence-electron chi connectivity index (χ3n) is 10.3. The maximum absolute atomic E-state index is 13.7. The van der Waals surface area contributed by atoms with Crippen molar-refractivity contribution in [2.24, 2.45) is 0 Å². The number of halogens is 2. The van der Waals surface area contributed by atoms with E-state index in [1.165, 1.54) is 118 Å². The number of benzene rings is 1. The molecule has 4 rings (SSSR count). The second kappa shape index (κ2) is 24.4. The van der Waals surface area contributed by atoms with Crippen molar-refractivity contribution in [3.8, 4) is 6.07 Å². The van der Waals surface area contributed by atoms with E-state index in [1.807, 2.05) is 6.07 Å². The predicted octanol–water partition coefficient (Wildman–Crippen LogP) is 8.55. The Balaban J connectivity index is 1.18. The number of unbranched alkanes of at least 4 members (excludes halogenated alkanes) is 15. The third-order valence-corrected chi connectivity index (χ3v) is 11.6. The van der Waals surface area contributed by atoms with Crippen LogP contribution in [0.3, 0.4) is 0 Å². The number of phosphoric ester groups is 1. The molecule has 0 bridgehead atoms. The quantitative estimate of drug-likeness (QED) is 0.0386. The molecular weight excluding hydrogens is 778 g/mol. The molecule has 2 aromatic heterocycles. The fourth-order valence-corrected chi connectivity index (χ4v) is 7.94. The topological polar surface area (TPSA) is 191 Å². The zero-order valence-electron chi connectivity index (χ0n) is 33.1. The van der Waals surface area contributed by atoms with Gasteiger partial charge in [0.25, 0.3) is 0 Å². The van der Waals surface area contributed by atoms with Gasteiger partial charge in [0.1, 0.15) is 36.3 Å². The molecule has 1 saturated heterocycles. The molecule has 5 N–H and O–H groups in total. The second-order valence-electron chi connectivity index (χ2n) is 14.9. The highest BCUT2D eigenvalue weighted by molar-refractivity contribution is 7.47. The average Bonchev–Trinajstić information content (AvgIpc) is 3.75. The summed E-state index contributed by atoms with van der Waals surface area (Å²) in [7, 11) is -4.79. The van der Waals surface area contributed by atoms with Crippen LogP contribution in [0.25, 0.3) is 5.52 Å². The number of aliphatic hydroxyl groups is 2. The minimum Gasteiger partial charge on any atom is -0.397 e. The van der Waals surface area contributed by atoms with Crippen molar-refractivity contribution in [1.82, 2.24) is 9.61 Å². The van der Waals surface area contributed by atoms with Crippen LogP contribution in [0.4, 0.5) is 10.1 Å².